The molecule has 2 rings (SSSR count). The Morgan fingerprint density at radius 2 is 1.93 bits per heavy atom. The Balaban J connectivity index is 1.87. The van der Waals surface area contributed by atoms with Crippen molar-refractivity contribution in [2.45, 2.75) is 58.2 Å². The van der Waals surface area contributed by atoms with Gasteiger partial charge in [0, 0.05) is 26.7 Å². The molecule has 0 radical (unpaired) electrons. The molecule has 2 N–H and O–H groups in total. The van der Waals surface area contributed by atoms with Crippen LogP contribution in [-0.2, 0) is 11.3 Å². The number of piperidine rings is 1. The van der Waals surface area contributed by atoms with E-state index >= 15 is 0 Å². The van der Waals surface area contributed by atoms with Gasteiger partial charge in [-0.2, -0.15) is 0 Å². The highest BCUT2D eigenvalue weighted by atomic mass is 16.6. The number of aromatic hydroxyl groups is 1. The molecule has 1 aromatic carbocycles. The molecule has 7 nitrogen and oxygen atoms in total. The number of rotatable bonds is 4. The number of likely N-dealkylation sites (tertiary alicyclic amines) is 1. The lowest BCUT2D eigenvalue weighted by molar-refractivity contribution is 0.0101. The first-order valence-electron chi connectivity index (χ1n) is 9.42. The van der Waals surface area contributed by atoms with Crippen molar-refractivity contribution < 1.29 is 19.4 Å². The Hall–Kier alpha value is -2.44. The van der Waals surface area contributed by atoms with Crippen LogP contribution in [0.1, 0.15) is 45.6 Å². The van der Waals surface area contributed by atoms with E-state index in [1.807, 2.05) is 20.8 Å². The lowest BCUT2D eigenvalue weighted by atomic mass is 10.0. The van der Waals surface area contributed by atoms with Crippen LogP contribution in [0, 0.1) is 0 Å². The minimum Gasteiger partial charge on any atom is -0.508 e. The first-order valence-corrected chi connectivity index (χ1v) is 9.42. The largest absolute Gasteiger partial charge is 0.508 e. The molecule has 0 aliphatic carbocycles. The van der Waals surface area contributed by atoms with E-state index < -0.39 is 5.60 Å². The predicted octanol–water partition coefficient (Wildman–Crippen LogP) is 3.32. The number of nitrogens with one attached hydrogen (secondary N) is 1. The fourth-order valence-electron chi connectivity index (χ4n) is 3.06. The van der Waals surface area contributed by atoms with E-state index in [9.17, 15) is 14.7 Å². The molecule has 1 aliphatic heterocycles. The topological polar surface area (TPSA) is 82.1 Å². The number of hydrogen-bond donors (Lipinski definition) is 2. The van der Waals surface area contributed by atoms with Gasteiger partial charge in [-0.05, 0) is 57.7 Å². The van der Waals surface area contributed by atoms with Gasteiger partial charge >= 0.3 is 12.1 Å². The Kier molecular flexibility index (Phi) is 6.93. The monoisotopic (exact) mass is 377 g/mol. The standard InChI is InChI=1S/C20H31N3O4/c1-20(2,3)27-19(26)23-12-6-5-7-16(23)13-21-18(25)22(4)14-15-8-10-17(24)11-9-15/h8-11,16,24H,5-7,12-14H2,1-4H3,(H,21,25). The Bertz CT molecular complexity index is 640. The number of carbonyl (C=O) groups is 2. The minimum absolute atomic E-state index is 0.0559. The fourth-order valence-corrected chi connectivity index (χ4v) is 3.06. The number of ether oxygens (including phenoxy) is 1. The van der Waals surface area contributed by atoms with E-state index in [2.05, 4.69) is 5.32 Å². The summed E-state index contributed by atoms with van der Waals surface area (Å²) in [5.74, 6) is 0.199. The summed E-state index contributed by atoms with van der Waals surface area (Å²) in [4.78, 5) is 28.1. The maximum Gasteiger partial charge on any atom is 0.410 e. The number of urea groups is 1. The van der Waals surface area contributed by atoms with E-state index in [1.54, 1.807) is 41.1 Å². The van der Waals surface area contributed by atoms with Gasteiger partial charge in [-0.3, -0.25) is 0 Å². The molecule has 7 heteroatoms. The number of phenolic OH excluding ortho intramolecular Hbond substituents is 1. The number of phenols is 1. The summed E-state index contributed by atoms with van der Waals surface area (Å²) >= 11 is 0. The van der Waals surface area contributed by atoms with Crippen molar-refractivity contribution in [2.75, 3.05) is 20.1 Å². The van der Waals surface area contributed by atoms with Crippen molar-refractivity contribution in [2.24, 2.45) is 0 Å². The SMILES string of the molecule is CN(Cc1ccc(O)cc1)C(=O)NCC1CCCCN1C(=O)OC(C)(C)C. The van der Waals surface area contributed by atoms with E-state index in [-0.39, 0.29) is 23.9 Å². The van der Waals surface area contributed by atoms with Gasteiger partial charge < -0.3 is 25.0 Å². The third-order valence-electron chi connectivity index (χ3n) is 4.45. The van der Waals surface area contributed by atoms with Crippen LogP contribution in [0.3, 0.4) is 0 Å². The first-order chi connectivity index (χ1) is 12.7. The van der Waals surface area contributed by atoms with Crippen LogP contribution in [0.4, 0.5) is 9.59 Å². The number of amides is 3. The van der Waals surface area contributed by atoms with Crippen molar-refractivity contribution in [1.29, 1.82) is 0 Å². The van der Waals surface area contributed by atoms with Crippen LogP contribution in [0.15, 0.2) is 24.3 Å². The molecule has 0 aromatic heterocycles. The second-order valence-electron chi connectivity index (χ2n) is 8.03. The number of nitrogens with zero attached hydrogens (tertiary/aromatic N) is 2. The molecule has 1 unspecified atom stereocenters. The molecule has 1 fully saturated rings. The lowest BCUT2D eigenvalue weighted by Gasteiger charge is -2.37. The van der Waals surface area contributed by atoms with Gasteiger partial charge in [0.15, 0.2) is 0 Å². The van der Waals surface area contributed by atoms with Crippen molar-refractivity contribution in [3.8, 4) is 5.75 Å². The average Bonchev–Trinajstić information content (AvgIpc) is 2.60. The maximum atomic E-state index is 12.4. The molecular weight excluding hydrogens is 346 g/mol. The number of benzene rings is 1. The molecule has 1 heterocycles. The van der Waals surface area contributed by atoms with Gasteiger partial charge in [0.1, 0.15) is 11.4 Å². The Morgan fingerprint density at radius 1 is 1.26 bits per heavy atom. The fraction of sp³-hybridized carbons (Fsp3) is 0.600. The summed E-state index contributed by atoms with van der Waals surface area (Å²) in [6.07, 6.45) is 2.51. The molecule has 150 valence electrons. The summed E-state index contributed by atoms with van der Waals surface area (Å²) in [5, 5.41) is 12.3. The van der Waals surface area contributed by atoms with Crippen LogP contribution in [0.25, 0.3) is 0 Å². The summed E-state index contributed by atoms with van der Waals surface area (Å²) in [7, 11) is 1.72. The molecule has 3 amide bonds. The van der Waals surface area contributed by atoms with Gasteiger partial charge in [0.2, 0.25) is 0 Å². The maximum absolute atomic E-state index is 12.4. The quantitative estimate of drug-likeness (QED) is 0.843. The van der Waals surface area contributed by atoms with Crippen LogP contribution in [-0.4, -0.2) is 58.8 Å². The number of carbonyl (C=O) groups excluding carboxylic acids is 2. The van der Waals surface area contributed by atoms with E-state index in [4.69, 9.17) is 4.74 Å². The highest BCUT2D eigenvalue weighted by molar-refractivity contribution is 5.74. The van der Waals surface area contributed by atoms with Crippen LogP contribution in [0.2, 0.25) is 0 Å². The average molecular weight is 377 g/mol. The highest BCUT2D eigenvalue weighted by Gasteiger charge is 2.30. The van der Waals surface area contributed by atoms with Crippen molar-refractivity contribution in [3.05, 3.63) is 29.8 Å². The smallest absolute Gasteiger partial charge is 0.410 e. The van der Waals surface area contributed by atoms with Gasteiger partial charge in [0.25, 0.3) is 0 Å². The Labute approximate surface area is 161 Å². The van der Waals surface area contributed by atoms with Gasteiger partial charge in [-0.25, -0.2) is 9.59 Å². The third kappa shape index (κ3) is 6.66. The summed E-state index contributed by atoms with van der Waals surface area (Å²) in [6.45, 7) is 7.04. The van der Waals surface area contributed by atoms with Crippen molar-refractivity contribution in [1.82, 2.24) is 15.1 Å². The number of hydrogen-bond acceptors (Lipinski definition) is 4. The zero-order valence-corrected chi connectivity index (χ0v) is 16.7. The summed E-state index contributed by atoms with van der Waals surface area (Å²) in [6, 6.07) is 6.51. The van der Waals surface area contributed by atoms with Gasteiger partial charge in [-0.15, -0.1) is 0 Å². The van der Waals surface area contributed by atoms with Crippen molar-refractivity contribution >= 4 is 12.1 Å². The van der Waals surface area contributed by atoms with Gasteiger partial charge in [-0.1, -0.05) is 12.1 Å². The van der Waals surface area contributed by atoms with Crippen molar-refractivity contribution in [3.63, 3.8) is 0 Å². The van der Waals surface area contributed by atoms with E-state index in [0.29, 0.717) is 19.6 Å². The lowest BCUT2D eigenvalue weighted by Crippen LogP contribution is -2.52. The van der Waals surface area contributed by atoms with E-state index in [1.165, 1.54) is 0 Å². The second kappa shape index (κ2) is 8.97. The molecule has 0 saturated carbocycles. The minimum atomic E-state index is -0.535. The van der Waals surface area contributed by atoms with Crippen LogP contribution >= 0.6 is 0 Å². The molecule has 1 aromatic rings. The first kappa shape index (κ1) is 20.9. The van der Waals surface area contributed by atoms with E-state index in [0.717, 1.165) is 24.8 Å². The summed E-state index contributed by atoms with van der Waals surface area (Å²) in [5.41, 5.74) is 0.394. The molecule has 0 spiro atoms. The predicted molar refractivity (Wildman–Crippen MR) is 104 cm³/mol. The molecule has 0 bridgehead atoms. The third-order valence-corrected chi connectivity index (χ3v) is 4.45. The molecule has 1 aliphatic rings. The Morgan fingerprint density at radius 3 is 2.56 bits per heavy atom. The normalized spacial score (nSPS) is 17.3. The zero-order chi connectivity index (χ0) is 20.0. The molecule has 1 atom stereocenters. The molecule has 1 saturated heterocycles. The van der Waals surface area contributed by atoms with Gasteiger partial charge in [0.05, 0.1) is 6.04 Å². The molecule has 27 heavy (non-hydrogen) atoms. The molecular formula is C20H31N3O4. The zero-order valence-electron chi connectivity index (χ0n) is 16.7. The highest BCUT2D eigenvalue weighted by Crippen LogP contribution is 2.20. The van der Waals surface area contributed by atoms with Crippen LogP contribution in [0.5, 0.6) is 5.75 Å². The second-order valence-corrected chi connectivity index (χ2v) is 8.03. The summed E-state index contributed by atoms with van der Waals surface area (Å²) < 4.78 is 5.49. The van der Waals surface area contributed by atoms with Crippen LogP contribution < -0.4 is 5.32 Å².